The Kier molecular flexibility index (Phi) is 8.66. The van der Waals surface area contributed by atoms with Crippen LogP contribution >= 0.6 is 0 Å². The Morgan fingerprint density at radius 1 is 1.13 bits per heavy atom. The fourth-order valence-corrected chi connectivity index (χ4v) is 7.98. The molecule has 12 nitrogen and oxygen atoms in total. The molecule has 248 valence electrons. The predicted molar refractivity (Wildman–Crippen MR) is 175 cm³/mol. The van der Waals surface area contributed by atoms with Gasteiger partial charge in [-0.15, -0.1) is 18.3 Å². The van der Waals surface area contributed by atoms with Crippen LogP contribution in [0.3, 0.4) is 0 Å². The molecule has 3 aliphatic rings. The monoisotopic (exact) mass is 642 g/mol. The van der Waals surface area contributed by atoms with E-state index in [0.717, 1.165) is 5.52 Å². The van der Waals surface area contributed by atoms with Crippen LogP contribution in [0.1, 0.15) is 27.2 Å². The number of benzene rings is 2. The van der Waals surface area contributed by atoms with E-state index in [2.05, 4.69) is 23.5 Å². The summed E-state index contributed by atoms with van der Waals surface area (Å²) in [5, 5.41) is 18.6. The number of β-amino-alcohol motifs (C(OH)–C–C–N with tert-alkyl or cyclic N) is 1. The molecule has 0 aliphatic carbocycles. The molecule has 3 unspecified atom stereocenters. The molecule has 3 aromatic rings. The van der Waals surface area contributed by atoms with E-state index in [1.807, 2.05) is 57.2 Å². The summed E-state index contributed by atoms with van der Waals surface area (Å²) in [6.45, 7) is 14.1. The van der Waals surface area contributed by atoms with E-state index >= 15 is 0 Å². The van der Waals surface area contributed by atoms with Gasteiger partial charge in [-0.3, -0.25) is 14.4 Å². The number of fused-ring (bicyclic) bond motifs is 2. The van der Waals surface area contributed by atoms with Crippen LogP contribution in [0.5, 0.6) is 5.75 Å². The van der Waals surface area contributed by atoms with Crippen LogP contribution in [0.15, 0.2) is 73.8 Å². The van der Waals surface area contributed by atoms with Gasteiger partial charge in [0.15, 0.2) is 0 Å². The Bertz CT molecular complexity index is 1690. The van der Waals surface area contributed by atoms with Crippen LogP contribution in [0.25, 0.3) is 11.0 Å². The molecule has 47 heavy (non-hydrogen) atoms. The summed E-state index contributed by atoms with van der Waals surface area (Å²) in [7, 11) is 0. The highest BCUT2D eigenvalue weighted by atomic mass is 16.5. The Hall–Kier alpha value is -4.55. The molecule has 3 fully saturated rings. The number of hydrogen-bond acceptors (Lipinski definition) is 8. The number of likely N-dealkylation sites (tertiary alicyclic amines) is 1. The van der Waals surface area contributed by atoms with Crippen LogP contribution < -0.4 is 9.64 Å². The smallest absolute Gasteiger partial charge is 0.250 e. The van der Waals surface area contributed by atoms with Crippen LogP contribution in [-0.4, -0.2) is 97.7 Å². The van der Waals surface area contributed by atoms with Crippen molar-refractivity contribution < 1.29 is 29.0 Å². The van der Waals surface area contributed by atoms with Crippen molar-refractivity contribution in [3.63, 3.8) is 0 Å². The second-order valence-electron chi connectivity index (χ2n) is 12.7. The SMILES string of the molecule is C=CCN(Cn1nnc2ccccc21)C(=O)C1N(CCO)C(=O)[C@@H]2[C@@H](C(=O)N(CC=C)c3ccc(OCC)cc3)[C@]3(C)OC12CC3C. The van der Waals surface area contributed by atoms with Crippen molar-refractivity contribution in [3.05, 3.63) is 73.8 Å². The van der Waals surface area contributed by atoms with Gasteiger partial charge >= 0.3 is 0 Å². The van der Waals surface area contributed by atoms with Gasteiger partial charge in [0.1, 0.15) is 29.6 Å². The molecule has 1 N–H and O–H groups in total. The van der Waals surface area contributed by atoms with E-state index in [4.69, 9.17) is 9.47 Å². The average molecular weight is 643 g/mol. The highest BCUT2D eigenvalue weighted by molar-refractivity contribution is 6.03. The Morgan fingerprint density at radius 2 is 1.85 bits per heavy atom. The maximum Gasteiger partial charge on any atom is 0.250 e. The fraction of sp³-hybridized carbons (Fsp3) is 0.457. The van der Waals surface area contributed by atoms with Crippen LogP contribution in [0.2, 0.25) is 0 Å². The number of hydrogen-bond donors (Lipinski definition) is 1. The first-order valence-electron chi connectivity index (χ1n) is 16.1. The van der Waals surface area contributed by atoms with Crippen LogP contribution in [0.4, 0.5) is 5.69 Å². The van der Waals surface area contributed by atoms with Crippen molar-refractivity contribution in [2.24, 2.45) is 17.8 Å². The van der Waals surface area contributed by atoms with Gasteiger partial charge in [0, 0.05) is 25.3 Å². The lowest BCUT2D eigenvalue weighted by atomic mass is 9.62. The minimum atomic E-state index is -1.28. The molecule has 6 rings (SSSR count). The highest BCUT2D eigenvalue weighted by Gasteiger charge is 2.80. The molecule has 6 atom stereocenters. The number of nitrogens with zero attached hydrogens (tertiary/aromatic N) is 6. The van der Waals surface area contributed by atoms with Gasteiger partial charge in [0.2, 0.25) is 17.7 Å². The van der Waals surface area contributed by atoms with Crippen molar-refractivity contribution in [1.82, 2.24) is 24.8 Å². The van der Waals surface area contributed by atoms with E-state index in [1.54, 1.807) is 38.8 Å². The second kappa shape index (κ2) is 12.6. The predicted octanol–water partition coefficient (Wildman–Crippen LogP) is 3.02. The molecular weight excluding hydrogens is 600 g/mol. The van der Waals surface area contributed by atoms with Crippen molar-refractivity contribution in [3.8, 4) is 5.75 Å². The van der Waals surface area contributed by atoms with E-state index < -0.39 is 29.1 Å². The summed E-state index contributed by atoms with van der Waals surface area (Å²) in [5.74, 6) is -2.30. The summed E-state index contributed by atoms with van der Waals surface area (Å²) in [6.07, 6.45) is 3.67. The summed E-state index contributed by atoms with van der Waals surface area (Å²) >= 11 is 0. The fourth-order valence-electron chi connectivity index (χ4n) is 7.98. The molecule has 12 heteroatoms. The Morgan fingerprint density at radius 3 is 2.53 bits per heavy atom. The molecule has 1 spiro atoms. The van der Waals surface area contributed by atoms with E-state index in [1.165, 1.54) is 4.90 Å². The van der Waals surface area contributed by atoms with Gasteiger partial charge in [-0.05, 0) is 62.6 Å². The molecule has 3 saturated heterocycles. The van der Waals surface area contributed by atoms with Crippen molar-refractivity contribution in [2.45, 2.75) is 51.1 Å². The van der Waals surface area contributed by atoms with Crippen molar-refractivity contribution >= 4 is 34.4 Å². The number of anilines is 1. The van der Waals surface area contributed by atoms with Crippen LogP contribution in [0, 0.1) is 17.8 Å². The van der Waals surface area contributed by atoms with Gasteiger partial charge in [0.25, 0.3) is 0 Å². The van der Waals surface area contributed by atoms with Crippen molar-refractivity contribution in [2.75, 3.05) is 37.7 Å². The molecule has 2 bridgehead atoms. The number of aliphatic hydroxyl groups is 1. The molecule has 0 saturated carbocycles. The van der Waals surface area contributed by atoms with Gasteiger partial charge in [0.05, 0.1) is 36.2 Å². The lowest BCUT2D eigenvalue weighted by molar-refractivity contribution is -0.153. The lowest BCUT2D eigenvalue weighted by Gasteiger charge is -2.39. The quantitative estimate of drug-likeness (QED) is 0.282. The molecular formula is C35H42N6O6. The lowest BCUT2D eigenvalue weighted by Crippen LogP contribution is -2.57. The zero-order valence-corrected chi connectivity index (χ0v) is 27.1. The normalized spacial score (nSPS) is 27.6. The molecule has 4 heterocycles. The zero-order valence-electron chi connectivity index (χ0n) is 27.1. The average Bonchev–Trinajstić information content (AvgIpc) is 3.73. The number of aliphatic hydroxyl groups excluding tert-OH is 1. The van der Waals surface area contributed by atoms with Gasteiger partial charge in [-0.25, -0.2) is 4.68 Å². The number of aromatic nitrogens is 3. The third kappa shape index (κ3) is 5.10. The third-order valence-corrected chi connectivity index (χ3v) is 10.1. The Labute approximate surface area is 274 Å². The van der Waals surface area contributed by atoms with Gasteiger partial charge in [-0.2, -0.15) is 0 Å². The van der Waals surface area contributed by atoms with Gasteiger partial charge < -0.3 is 29.3 Å². The summed E-state index contributed by atoms with van der Waals surface area (Å²) < 4.78 is 14.1. The zero-order chi connectivity index (χ0) is 33.5. The Balaban J connectivity index is 1.39. The number of carbonyl (C=O) groups excluding carboxylic acids is 3. The standard InChI is InChI=1S/C35H42N6O6/c1-6-17-38(22-41-27-12-10-9-11-26(27)36-37-41)33(45)30-35-21-23(4)34(5,47-35)28(29(35)32(44)40(30)19-20-42)31(43)39(18-7-2)24-13-15-25(16-14-24)46-8-3/h6-7,9-16,23,28-30,42H,1-2,8,17-22H2,3-5H3/t23?,28-,29-,30?,34+,35?/m0/s1. The molecule has 3 amide bonds. The first kappa shape index (κ1) is 32.4. The first-order chi connectivity index (χ1) is 22.6. The molecule has 1 aromatic heterocycles. The number of para-hydroxylation sites is 1. The molecule has 3 aliphatic heterocycles. The number of carbonyl (C=O) groups is 3. The largest absolute Gasteiger partial charge is 0.494 e. The van der Waals surface area contributed by atoms with Crippen LogP contribution in [-0.2, 0) is 25.8 Å². The number of ether oxygens (including phenoxy) is 2. The van der Waals surface area contributed by atoms with E-state index in [-0.39, 0.29) is 56.5 Å². The number of rotatable bonds is 13. The van der Waals surface area contributed by atoms with Gasteiger partial charge in [-0.1, -0.05) is 36.4 Å². The maximum absolute atomic E-state index is 14.7. The molecule has 2 aromatic carbocycles. The maximum atomic E-state index is 14.7. The minimum absolute atomic E-state index is 0.0593. The first-order valence-corrected chi connectivity index (χ1v) is 16.1. The minimum Gasteiger partial charge on any atom is -0.494 e. The number of amides is 3. The van der Waals surface area contributed by atoms with E-state index in [0.29, 0.717) is 30.0 Å². The summed E-state index contributed by atoms with van der Waals surface area (Å²) in [5.41, 5.74) is -0.222. The van der Waals surface area contributed by atoms with E-state index in [9.17, 15) is 19.5 Å². The summed E-state index contributed by atoms with van der Waals surface area (Å²) in [4.78, 5) is 48.5. The summed E-state index contributed by atoms with van der Waals surface area (Å²) in [6, 6.07) is 13.6. The topological polar surface area (TPSA) is 130 Å². The highest BCUT2D eigenvalue weighted by Crippen LogP contribution is 2.65. The molecule has 0 radical (unpaired) electrons. The van der Waals surface area contributed by atoms with Crippen molar-refractivity contribution in [1.29, 1.82) is 0 Å². The second-order valence-corrected chi connectivity index (χ2v) is 12.7. The third-order valence-electron chi connectivity index (χ3n) is 10.1.